The molecule has 0 aromatic heterocycles. The summed E-state index contributed by atoms with van der Waals surface area (Å²) in [5.41, 5.74) is 1.11. The Balaban J connectivity index is 2.34. The number of carbonyl (C=O) groups is 1. The summed E-state index contributed by atoms with van der Waals surface area (Å²) in [6.45, 7) is 7.97. The van der Waals surface area contributed by atoms with Crippen molar-refractivity contribution in [1.29, 1.82) is 0 Å². The number of allylic oxidation sites excluding steroid dienone is 2. The van der Waals surface area contributed by atoms with Gasteiger partial charge in [-0.2, -0.15) is 0 Å². The predicted molar refractivity (Wildman–Crippen MR) is 71.4 cm³/mol. The van der Waals surface area contributed by atoms with Crippen LogP contribution in [0, 0.1) is 5.92 Å². The van der Waals surface area contributed by atoms with Gasteiger partial charge in [0.15, 0.2) is 0 Å². The molecule has 2 heteroatoms. The van der Waals surface area contributed by atoms with Crippen LogP contribution in [0.25, 0.3) is 0 Å². The molecule has 0 spiro atoms. The largest absolute Gasteiger partial charge is 0.352 e. The number of carbonyl (C=O) groups excluding carboxylic acids is 1. The predicted octanol–water partition coefficient (Wildman–Crippen LogP) is 3.07. The van der Waals surface area contributed by atoms with Gasteiger partial charge < -0.3 is 5.32 Å². The van der Waals surface area contributed by atoms with E-state index in [0.29, 0.717) is 13.0 Å². The van der Waals surface area contributed by atoms with E-state index in [4.69, 9.17) is 0 Å². The molecule has 2 nitrogen and oxygen atoms in total. The van der Waals surface area contributed by atoms with E-state index >= 15 is 0 Å². The number of benzene rings is 1. The summed E-state index contributed by atoms with van der Waals surface area (Å²) in [5, 5.41) is 2.90. The number of rotatable bonds is 7. The molecule has 1 aromatic carbocycles. The lowest BCUT2D eigenvalue weighted by atomic mass is 10.0. The van der Waals surface area contributed by atoms with Crippen molar-refractivity contribution < 1.29 is 4.79 Å². The molecule has 0 saturated carbocycles. The van der Waals surface area contributed by atoms with E-state index in [2.05, 4.69) is 18.5 Å². The topological polar surface area (TPSA) is 29.1 Å². The van der Waals surface area contributed by atoms with E-state index in [1.165, 1.54) is 0 Å². The van der Waals surface area contributed by atoms with E-state index in [1.54, 1.807) is 0 Å². The minimum absolute atomic E-state index is 0.0561. The van der Waals surface area contributed by atoms with Gasteiger partial charge >= 0.3 is 0 Å². The fourth-order valence-corrected chi connectivity index (χ4v) is 1.58. The van der Waals surface area contributed by atoms with Crippen LogP contribution in [0.2, 0.25) is 0 Å². The molecule has 1 unspecified atom stereocenters. The second kappa shape index (κ2) is 7.44. The van der Waals surface area contributed by atoms with Crippen LogP contribution in [0.4, 0.5) is 0 Å². The van der Waals surface area contributed by atoms with Gasteiger partial charge in [0, 0.05) is 13.0 Å². The lowest BCUT2D eigenvalue weighted by Gasteiger charge is -2.10. The van der Waals surface area contributed by atoms with Crippen LogP contribution in [-0.2, 0) is 11.3 Å². The fraction of sp³-hybridized carbons (Fsp3) is 0.267. The molecule has 0 bridgehead atoms. The van der Waals surface area contributed by atoms with Crippen molar-refractivity contribution in [3.8, 4) is 0 Å². The Labute approximate surface area is 103 Å². The molecule has 0 aliphatic rings. The third-order valence-electron chi connectivity index (χ3n) is 2.58. The van der Waals surface area contributed by atoms with Gasteiger partial charge in [0.2, 0.25) is 5.91 Å². The van der Waals surface area contributed by atoms with Crippen LogP contribution in [0.1, 0.15) is 18.4 Å². The molecular weight excluding hydrogens is 210 g/mol. The van der Waals surface area contributed by atoms with Crippen molar-refractivity contribution in [2.24, 2.45) is 5.92 Å². The summed E-state index contributed by atoms with van der Waals surface area (Å²) in [5.74, 6) is 0.240. The van der Waals surface area contributed by atoms with E-state index in [1.807, 2.05) is 42.5 Å². The van der Waals surface area contributed by atoms with Crippen LogP contribution in [-0.4, -0.2) is 5.91 Å². The molecule has 1 aromatic rings. The van der Waals surface area contributed by atoms with Crippen LogP contribution in [0.3, 0.4) is 0 Å². The van der Waals surface area contributed by atoms with Gasteiger partial charge in [-0.05, 0) is 17.9 Å². The van der Waals surface area contributed by atoms with E-state index < -0.39 is 0 Å². The Hall–Kier alpha value is -1.83. The zero-order chi connectivity index (χ0) is 12.5. The molecule has 1 amide bonds. The third kappa shape index (κ3) is 5.16. The maximum Gasteiger partial charge on any atom is 0.220 e. The number of nitrogens with one attached hydrogen (secondary N) is 1. The molecule has 90 valence electrons. The summed E-state index contributed by atoms with van der Waals surface area (Å²) in [6.07, 6.45) is 4.89. The van der Waals surface area contributed by atoms with Crippen molar-refractivity contribution in [2.45, 2.75) is 19.4 Å². The van der Waals surface area contributed by atoms with Crippen LogP contribution < -0.4 is 5.32 Å². The Morgan fingerprint density at radius 3 is 2.59 bits per heavy atom. The molecule has 17 heavy (non-hydrogen) atoms. The highest BCUT2D eigenvalue weighted by molar-refractivity contribution is 5.76. The molecule has 0 saturated heterocycles. The average molecular weight is 229 g/mol. The van der Waals surface area contributed by atoms with Gasteiger partial charge in [-0.25, -0.2) is 0 Å². The number of hydrogen-bond donors (Lipinski definition) is 1. The van der Waals surface area contributed by atoms with Crippen molar-refractivity contribution >= 4 is 5.91 Å². The maximum absolute atomic E-state index is 11.7. The number of amides is 1. The zero-order valence-corrected chi connectivity index (χ0v) is 10.1. The normalized spacial score (nSPS) is 11.5. The van der Waals surface area contributed by atoms with Crippen molar-refractivity contribution in [1.82, 2.24) is 5.32 Å². The quantitative estimate of drug-likeness (QED) is 0.715. The van der Waals surface area contributed by atoms with Crippen molar-refractivity contribution in [2.75, 3.05) is 0 Å². The van der Waals surface area contributed by atoms with Gasteiger partial charge in [0.1, 0.15) is 0 Å². The maximum atomic E-state index is 11.7. The molecule has 0 aliphatic heterocycles. The van der Waals surface area contributed by atoms with E-state index in [-0.39, 0.29) is 11.8 Å². The second-order valence-electron chi connectivity index (χ2n) is 3.99. The molecular formula is C15H19NO. The van der Waals surface area contributed by atoms with Gasteiger partial charge in [-0.1, -0.05) is 42.5 Å². The summed E-state index contributed by atoms with van der Waals surface area (Å²) in [6, 6.07) is 9.88. The number of hydrogen-bond acceptors (Lipinski definition) is 1. The molecule has 1 atom stereocenters. The standard InChI is InChI=1S/C15H19NO/c1-3-8-13(4-2)11-15(17)16-12-14-9-6-5-7-10-14/h3-7,9-10,13H,1-2,8,11-12H2,(H,16,17). The first-order valence-corrected chi connectivity index (χ1v) is 5.80. The highest BCUT2D eigenvalue weighted by Crippen LogP contribution is 2.10. The van der Waals surface area contributed by atoms with Crippen LogP contribution in [0.15, 0.2) is 55.6 Å². The fourth-order valence-electron chi connectivity index (χ4n) is 1.58. The van der Waals surface area contributed by atoms with Crippen LogP contribution in [0.5, 0.6) is 0 Å². The Bertz CT molecular complexity index is 370. The first kappa shape index (κ1) is 13.2. The van der Waals surface area contributed by atoms with Crippen molar-refractivity contribution in [3.05, 3.63) is 61.2 Å². The van der Waals surface area contributed by atoms with E-state index in [0.717, 1.165) is 12.0 Å². The van der Waals surface area contributed by atoms with E-state index in [9.17, 15) is 4.79 Å². The first-order valence-electron chi connectivity index (χ1n) is 5.80. The summed E-state index contributed by atoms with van der Waals surface area (Å²) in [4.78, 5) is 11.7. The van der Waals surface area contributed by atoms with Gasteiger partial charge in [0.05, 0.1) is 0 Å². The summed E-state index contributed by atoms with van der Waals surface area (Å²) < 4.78 is 0. The lowest BCUT2D eigenvalue weighted by molar-refractivity contribution is -0.121. The molecule has 1 rings (SSSR count). The highest BCUT2D eigenvalue weighted by atomic mass is 16.1. The highest BCUT2D eigenvalue weighted by Gasteiger charge is 2.08. The minimum Gasteiger partial charge on any atom is -0.352 e. The van der Waals surface area contributed by atoms with Gasteiger partial charge in [-0.15, -0.1) is 13.2 Å². The zero-order valence-electron chi connectivity index (χ0n) is 10.1. The monoisotopic (exact) mass is 229 g/mol. The molecule has 0 fully saturated rings. The molecule has 0 aliphatic carbocycles. The van der Waals surface area contributed by atoms with Gasteiger partial charge in [-0.3, -0.25) is 4.79 Å². The Morgan fingerprint density at radius 2 is 2.00 bits per heavy atom. The van der Waals surface area contributed by atoms with Crippen LogP contribution >= 0.6 is 0 Å². The Kier molecular flexibility index (Phi) is 5.80. The lowest BCUT2D eigenvalue weighted by Crippen LogP contribution is -2.24. The average Bonchev–Trinajstić information content (AvgIpc) is 2.37. The SMILES string of the molecule is C=CCC(C=C)CC(=O)NCc1ccccc1. The molecule has 0 heterocycles. The minimum atomic E-state index is 0.0561. The Morgan fingerprint density at radius 1 is 1.29 bits per heavy atom. The van der Waals surface area contributed by atoms with Crippen molar-refractivity contribution in [3.63, 3.8) is 0 Å². The summed E-state index contributed by atoms with van der Waals surface area (Å²) >= 11 is 0. The van der Waals surface area contributed by atoms with Gasteiger partial charge in [0.25, 0.3) is 0 Å². The molecule has 1 N–H and O–H groups in total. The smallest absolute Gasteiger partial charge is 0.220 e. The second-order valence-corrected chi connectivity index (χ2v) is 3.99. The third-order valence-corrected chi connectivity index (χ3v) is 2.58. The summed E-state index contributed by atoms with van der Waals surface area (Å²) in [7, 11) is 0. The molecule has 0 radical (unpaired) electrons. The first-order chi connectivity index (χ1) is 8.26.